The van der Waals surface area contributed by atoms with Crippen LogP contribution in [0.5, 0.6) is 0 Å². The molecule has 1 heterocycles. The van der Waals surface area contributed by atoms with Crippen LogP contribution in [0, 0.1) is 5.92 Å². The Labute approximate surface area is 133 Å². The number of thiophene rings is 1. The second kappa shape index (κ2) is 7.26. The van der Waals surface area contributed by atoms with E-state index in [-0.39, 0.29) is 12.6 Å². The molecule has 0 aliphatic carbocycles. The van der Waals surface area contributed by atoms with E-state index in [9.17, 15) is 9.59 Å². The van der Waals surface area contributed by atoms with Crippen LogP contribution in [-0.4, -0.2) is 42.1 Å². The van der Waals surface area contributed by atoms with Crippen molar-refractivity contribution in [2.24, 2.45) is 5.92 Å². The molecule has 1 aromatic carbocycles. The Morgan fingerprint density at radius 3 is 2.77 bits per heavy atom. The summed E-state index contributed by atoms with van der Waals surface area (Å²) in [5.41, 5.74) is 0. The Kier molecular flexibility index (Phi) is 5.38. The number of amides is 2. The number of nitrogens with zero attached hydrogens (tertiary/aromatic N) is 1. The van der Waals surface area contributed by atoms with Gasteiger partial charge in [0.1, 0.15) is 0 Å². The molecule has 5 nitrogen and oxygen atoms in total. The first-order valence-electron chi connectivity index (χ1n) is 7.16. The smallest absolute Gasteiger partial charge is 0.317 e. The van der Waals surface area contributed by atoms with E-state index in [0.29, 0.717) is 6.54 Å². The van der Waals surface area contributed by atoms with Gasteiger partial charge in [-0.05, 0) is 23.9 Å². The maximum atomic E-state index is 11.9. The third-order valence-corrected chi connectivity index (χ3v) is 4.62. The van der Waals surface area contributed by atoms with Gasteiger partial charge in [0.2, 0.25) is 0 Å². The zero-order valence-corrected chi connectivity index (χ0v) is 13.5. The van der Waals surface area contributed by atoms with Gasteiger partial charge in [0, 0.05) is 29.7 Å². The van der Waals surface area contributed by atoms with Crippen LogP contribution in [0.3, 0.4) is 0 Å². The Hall–Kier alpha value is -2.08. The second-order valence-corrected chi connectivity index (χ2v) is 6.52. The number of carboxylic acid groups (broad SMARTS) is 1. The number of rotatable bonds is 6. The summed E-state index contributed by atoms with van der Waals surface area (Å²) >= 11 is 1.73. The second-order valence-electron chi connectivity index (χ2n) is 5.35. The number of hydrogen-bond donors (Lipinski definition) is 2. The van der Waals surface area contributed by atoms with Gasteiger partial charge in [0.25, 0.3) is 0 Å². The van der Waals surface area contributed by atoms with Crippen LogP contribution >= 0.6 is 11.3 Å². The molecule has 2 rings (SSSR count). The highest BCUT2D eigenvalue weighted by molar-refractivity contribution is 7.19. The van der Waals surface area contributed by atoms with Crippen LogP contribution in [0.2, 0.25) is 0 Å². The van der Waals surface area contributed by atoms with Gasteiger partial charge in [0.15, 0.2) is 0 Å². The summed E-state index contributed by atoms with van der Waals surface area (Å²) < 4.78 is 1.25. The predicted octanol–water partition coefficient (Wildman–Crippen LogP) is 2.81. The maximum Gasteiger partial charge on any atom is 0.317 e. The number of nitrogens with one attached hydrogen (secondary N) is 1. The summed E-state index contributed by atoms with van der Waals surface area (Å²) in [6.07, 6.45) is 0.771. The Morgan fingerprint density at radius 2 is 2.09 bits per heavy atom. The average Bonchev–Trinajstić information content (AvgIpc) is 2.89. The van der Waals surface area contributed by atoms with Gasteiger partial charge in [-0.15, -0.1) is 11.3 Å². The zero-order valence-electron chi connectivity index (χ0n) is 12.7. The third-order valence-electron chi connectivity index (χ3n) is 3.44. The first kappa shape index (κ1) is 16.3. The maximum absolute atomic E-state index is 11.9. The lowest BCUT2D eigenvalue weighted by Gasteiger charge is -2.19. The molecular weight excluding hydrogens is 300 g/mol. The number of urea groups is 1. The lowest BCUT2D eigenvalue weighted by molar-refractivity contribution is -0.141. The van der Waals surface area contributed by atoms with Crippen LogP contribution in [0.25, 0.3) is 10.1 Å². The molecule has 6 heteroatoms. The van der Waals surface area contributed by atoms with Crippen LogP contribution in [-0.2, 0) is 11.2 Å². The van der Waals surface area contributed by atoms with Crippen molar-refractivity contribution in [3.8, 4) is 0 Å². The molecule has 0 bridgehead atoms. The van der Waals surface area contributed by atoms with E-state index in [4.69, 9.17) is 5.11 Å². The van der Waals surface area contributed by atoms with E-state index in [2.05, 4.69) is 23.5 Å². The number of carbonyl (C=O) groups is 2. The van der Waals surface area contributed by atoms with Gasteiger partial charge in [-0.25, -0.2) is 4.79 Å². The summed E-state index contributed by atoms with van der Waals surface area (Å²) in [6, 6.07) is 10.1. The van der Waals surface area contributed by atoms with E-state index < -0.39 is 11.9 Å². The number of carbonyl (C=O) groups excluding carboxylic acids is 1. The van der Waals surface area contributed by atoms with Crippen LogP contribution in [0.4, 0.5) is 4.79 Å². The molecule has 0 spiro atoms. The van der Waals surface area contributed by atoms with E-state index in [0.717, 1.165) is 6.42 Å². The first-order chi connectivity index (χ1) is 10.5. The molecule has 1 atom stereocenters. The molecule has 118 valence electrons. The number of carboxylic acids is 1. The fourth-order valence-electron chi connectivity index (χ4n) is 2.16. The molecule has 2 N–H and O–H groups in total. The molecule has 0 saturated carbocycles. The molecule has 1 aromatic heterocycles. The lowest BCUT2D eigenvalue weighted by Crippen LogP contribution is -2.41. The summed E-state index contributed by atoms with van der Waals surface area (Å²) in [4.78, 5) is 25.3. The Balaban J connectivity index is 1.80. The highest BCUT2D eigenvalue weighted by Gasteiger charge is 2.16. The highest BCUT2D eigenvalue weighted by Crippen LogP contribution is 2.25. The van der Waals surface area contributed by atoms with Gasteiger partial charge >= 0.3 is 12.0 Å². The van der Waals surface area contributed by atoms with Crippen LogP contribution in [0.15, 0.2) is 30.3 Å². The zero-order chi connectivity index (χ0) is 16.1. The van der Waals surface area contributed by atoms with Crippen LogP contribution in [0.1, 0.15) is 11.8 Å². The molecule has 22 heavy (non-hydrogen) atoms. The van der Waals surface area contributed by atoms with E-state index in [1.165, 1.54) is 19.9 Å². The fraction of sp³-hybridized carbons (Fsp3) is 0.375. The summed E-state index contributed by atoms with van der Waals surface area (Å²) in [5.74, 6) is -1.47. The molecule has 0 fully saturated rings. The molecule has 1 unspecified atom stereocenters. The normalized spacial score (nSPS) is 12.1. The summed E-state index contributed by atoms with van der Waals surface area (Å²) in [6.45, 7) is 2.32. The molecule has 0 saturated heterocycles. The van der Waals surface area contributed by atoms with Gasteiger partial charge in [-0.1, -0.05) is 25.1 Å². The number of benzene rings is 1. The van der Waals surface area contributed by atoms with Crippen molar-refractivity contribution in [1.82, 2.24) is 10.2 Å². The molecule has 0 aliphatic heterocycles. The monoisotopic (exact) mass is 320 g/mol. The van der Waals surface area contributed by atoms with Crippen molar-refractivity contribution in [3.05, 3.63) is 35.2 Å². The van der Waals surface area contributed by atoms with Crippen molar-refractivity contribution >= 4 is 33.4 Å². The standard InChI is InChI=1S/C16H20N2O3S/c1-11(15(19)20)10-18(2)16(21)17-8-7-13-9-12-5-3-4-6-14(12)22-13/h3-6,9,11H,7-8,10H2,1-2H3,(H,17,21)(H,19,20). The third kappa shape index (κ3) is 4.21. The van der Waals surface area contributed by atoms with Crippen molar-refractivity contribution in [3.63, 3.8) is 0 Å². The SMILES string of the molecule is CC(CN(C)C(=O)NCCc1cc2ccccc2s1)C(=O)O. The molecule has 0 aliphatic rings. The number of fused-ring (bicyclic) bond motifs is 1. The van der Waals surface area contributed by atoms with Crippen molar-refractivity contribution in [2.45, 2.75) is 13.3 Å². The molecule has 0 radical (unpaired) electrons. The minimum Gasteiger partial charge on any atom is -0.481 e. The fourth-order valence-corrected chi connectivity index (χ4v) is 3.22. The van der Waals surface area contributed by atoms with Gasteiger partial charge in [-0.2, -0.15) is 0 Å². The highest BCUT2D eigenvalue weighted by atomic mass is 32.1. The molecule has 2 aromatic rings. The van der Waals surface area contributed by atoms with Gasteiger partial charge < -0.3 is 15.3 Å². The van der Waals surface area contributed by atoms with Gasteiger partial charge in [-0.3, -0.25) is 4.79 Å². The molecular formula is C16H20N2O3S. The Bertz CT molecular complexity index is 635. The largest absolute Gasteiger partial charge is 0.481 e. The quantitative estimate of drug-likeness (QED) is 0.860. The number of aliphatic carboxylic acids is 1. The van der Waals surface area contributed by atoms with Crippen LogP contribution < -0.4 is 5.32 Å². The lowest BCUT2D eigenvalue weighted by atomic mass is 10.2. The molecule has 2 amide bonds. The summed E-state index contributed by atoms with van der Waals surface area (Å²) in [7, 11) is 1.61. The minimum absolute atomic E-state index is 0.198. The van der Waals surface area contributed by atoms with E-state index in [1.54, 1.807) is 25.3 Å². The summed E-state index contributed by atoms with van der Waals surface area (Å²) in [5, 5.41) is 12.9. The van der Waals surface area contributed by atoms with E-state index in [1.807, 2.05) is 12.1 Å². The van der Waals surface area contributed by atoms with Crippen molar-refractivity contribution in [2.75, 3.05) is 20.1 Å². The van der Waals surface area contributed by atoms with Gasteiger partial charge in [0.05, 0.1) is 5.92 Å². The Morgan fingerprint density at radius 1 is 1.36 bits per heavy atom. The topological polar surface area (TPSA) is 69.6 Å². The predicted molar refractivity (Wildman–Crippen MR) is 88.4 cm³/mol. The minimum atomic E-state index is -0.898. The number of hydrogen-bond acceptors (Lipinski definition) is 3. The van der Waals surface area contributed by atoms with Crippen molar-refractivity contribution < 1.29 is 14.7 Å². The first-order valence-corrected chi connectivity index (χ1v) is 7.98. The average molecular weight is 320 g/mol. The van der Waals surface area contributed by atoms with Crippen molar-refractivity contribution in [1.29, 1.82) is 0 Å². The van der Waals surface area contributed by atoms with E-state index >= 15 is 0 Å².